The third-order valence-corrected chi connectivity index (χ3v) is 1.72. The zero-order chi connectivity index (χ0) is 7.68. The number of hydrogen-bond acceptors (Lipinski definition) is 3. The SMILES string of the molecule is O=C1C=CC2=C(CC=NO2)C1. The minimum Gasteiger partial charge on any atom is -0.357 e. The Morgan fingerprint density at radius 2 is 2.36 bits per heavy atom. The fraction of sp³-hybridized carbons (Fsp3) is 0.250. The summed E-state index contributed by atoms with van der Waals surface area (Å²) in [5.74, 6) is 0.884. The van der Waals surface area contributed by atoms with Gasteiger partial charge >= 0.3 is 0 Å². The molecule has 0 aromatic rings. The van der Waals surface area contributed by atoms with Crippen LogP contribution < -0.4 is 0 Å². The molecule has 2 aliphatic rings. The monoisotopic (exact) mass is 149 g/mol. The van der Waals surface area contributed by atoms with Crippen molar-refractivity contribution in [2.75, 3.05) is 0 Å². The fourth-order valence-corrected chi connectivity index (χ4v) is 1.15. The number of rotatable bonds is 0. The molecule has 1 aliphatic heterocycles. The van der Waals surface area contributed by atoms with Crippen molar-refractivity contribution in [3.63, 3.8) is 0 Å². The van der Waals surface area contributed by atoms with Crippen LogP contribution in [-0.2, 0) is 9.63 Å². The first-order chi connectivity index (χ1) is 5.36. The van der Waals surface area contributed by atoms with Crippen LogP contribution in [-0.4, -0.2) is 12.0 Å². The Labute approximate surface area is 64.0 Å². The number of ketones is 1. The molecule has 0 N–H and O–H groups in total. The Morgan fingerprint density at radius 3 is 3.27 bits per heavy atom. The van der Waals surface area contributed by atoms with Crippen molar-refractivity contribution in [1.29, 1.82) is 0 Å². The van der Waals surface area contributed by atoms with E-state index < -0.39 is 0 Å². The first kappa shape index (κ1) is 6.34. The van der Waals surface area contributed by atoms with Crippen LogP contribution in [0.4, 0.5) is 0 Å². The Morgan fingerprint density at radius 1 is 1.45 bits per heavy atom. The maximum absolute atomic E-state index is 10.9. The molecule has 0 bridgehead atoms. The molecule has 0 aromatic carbocycles. The zero-order valence-corrected chi connectivity index (χ0v) is 5.91. The molecule has 2 rings (SSSR count). The van der Waals surface area contributed by atoms with Crippen molar-refractivity contribution < 1.29 is 9.63 Å². The minimum atomic E-state index is 0.141. The first-order valence-corrected chi connectivity index (χ1v) is 3.48. The number of hydrogen-bond donors (Lipinski definition) is 0. The summed E-state index contributed by atoms with van der Waals surface area (Å²) in [6.45, 7) is 0. The lowest BCUT2D eigenvalue weighted by Crippen LogP contribution is -2.08. The van der Waals surface area contributed by atoms with E-state index in [1.54, 1.807) is 12.3 Å². The summed E-state index contributed by atoms with van der Waals surface area (Å²) in [7, 11) is 0. The van der Waals surface area contributed by atoms with Gasteiger partial charge in [-0.05, 0) is 17.7 Å². The summed E-state index contributed by atoms with van der Waals surface area (Å²) in [4.78, 5) is 15.8. The molecule has 0 unspecified atom stereocenters. The lowest BCUT2D eigenvalue weighted by Gasteiger charge is -2.14. The highest BCUT2D eigenvalue weighted by atomic mass is 16.6. The molecule has 3 nitrogen and oxygen atoms in total. The fourth-order valence-electron chi connectivity index (χ4n) is 1.15. The van der Waals surface area contributed by atoms with Crippen molar-refractivity contribution in [2.45, 2.75) is 12.8 Å². The lowest BCUT2D eigenvalue weighted by atomic mass is 10.00. The second-order valence-corrected chi connectivity index (χ2v) is 2.53. The van der Waals surface area contributed by atoms with E-state index in [4.69, 9.17) is 4.84 Å². The van der Waals surface area contributed by atoms with Gasteiger partial charge in [0, 0.05) is 19.1 Å². The Hall–Kier alpha value is -1.38. The highest BCUT2D eigenvalue weighted by Crippen LogP contribution is 2.22. The van der Waals surface area contributed by atoms with Gasteiger partial charge in [0.2, 0.25) is 0 Å². The standard InChI is InChI=1S/C8H7NO2/c10-7-1-2-8-6(5-7)3-4-9-11-8/h1-2,4H,3,5H2. The smallest absolute Gasteiger partial charge is 0.160 e. The van der Waals surface area contributed by atoms with Crippen molar-refractivity contribution >= 4 is 12.0 Å². The zero-order valence-electron chi connectivity index (χ0n) is 5.91. The first-order valence-electron chi connectivity index (χ1n) is 3.48. The van der Waals surface area contributed by atoms with Crippen LogP contribution in [0.3, 0.4) is 0 Å². The van der Waals surface area contributed by atoms with E-state index in [1.165, 1.54) is 6.08 Å². The van der Waals surface area contributed by atoms with Gasteiger partial charge in [0.15, 0.2) is 11.5 Å². The van der Waals surface area contributed by atoms with Gasteiger partial charge in [-0.1, -0.05) is 5.16 Å². The number of carbonyl (C=O) groups excluding carboxylic acids is 1. The third-order valence-electron chi connectivity index (χ3n) is 1.72. The Kier molecular flexibility index (Phi) is 1.35. The molecule has 0 spiro atoms. The molecule has 0 saturated carbocycles. The highest BCUT2D eigenvalue weighted by Gasteiger charge is 2.16. The highest BCUT2D eigenvalue weighted by molar-refractivity contribution is 5.94. The molecule has 0 atom stereocenters. The van der Waals surface area contributed by atoms with E-state index in [0.717, 1.165) is 17.8 Å². The molecule has 0 saturated heterocycles. The van der Waals surface area contributed by atoms with E-state index >= 15 is 0 Å². The quantitative estimate of drug-likeness (QED) is 0.518. The van der Waals surface area contributed by atoms with Gasteiger partial charge in [-0.2, -0.15) is 0 Å². The summed E-state index contributed by atoms with van der Waals surface area (Å²) >= 11 is 0. The van der Waals surface area contributed by atoms with Crippen LogP contribution in [0.5, 0.6) is 0 Å². The summed E-state index contributed by atoms with van der Waals surface area (Å²) < 4.78 is 0. The summed E-state index contributed by atoms with van der Waals surface area (Å²) in [6, 6.07) is 0. The molecular weight excluding hydrogens is 142 g/mol. The van der Waals surface area contributed by atoms with Gasteiger partial charge in [0.25, 0.3) is 0 Å². The van der Waals surface area contributed by atoms with Gasteiger partial charge in [0.05, 0.1) is 0 Å². The number of oxime groups is 1. The van der Waals surface area contributed by atoms with Crippen LogP contribution in [0, 0.1) is 0 Å². The molecule has 0 fully saturated rings. The average Bonchev–Trinajstić information content (AvgIpc) is 2.04. The van der Waals surface area contributed by atoms with Crippen molar-refractivity contribution in [2.24, 2.45) is 5.16 Å². The third kappa shape index (κ3) is 1.09. The molecule has 56 valence electrons. The Balaban J connectivity index is 2.28. The molecule has 0 aromatic heterocycles. The van der Waals surface area contributed by atoms with Gasteiger partial charge in [-0.25, -0.2) is 0 Å². The number of nitrogens with zero attached hydrogens (tertiary/aromatic N) is 1. The van der Waals surface area contributed by atoms with Crippen LogP contribution in [0.25, 0.3) is 0 Å². The predicted molar refractivity (Wildman–Crippen MR) is 40.0 cm³/mol. The predicted octanol–water partition coefficient (Wildman–Crippen LogP) is 1.18. The van der Waals surface area contributed by atoms with E-state index in [0.29, 0.717) is 6.42 Å². The maximum atomic E-state index is 10.9. The van der Waals surface area contributed by atoms with Crippen LogP contribution >= 0.6 is 0 Å². The summed E-state index contributed by atoms with van der Waals surface area (Å²) in [5.41, 5.74) is 1.03. The summed E-state index contributed by atoms with van der Waals surface area (Å²) in [5, 5.41) is 3.64. The second kappa shape index (κ2) is 2.34. The average molecular weight is 149 g/mol. The normalized spacial score (nSPS) is 21.6. The van der Waals surface area contributed by atoms with E-state index in [-0.39, 0.29) is 5.78 Å². The molecule has 1 heterocycles. The maximum Gasteiger partial charge on any atom is 0.160 e. The van der Waals surface area contributed by atoms with Crippen LogP contribution in [0.1, 0.15) is 12.8 Å². The van der Waals surface area contributed by atoms with Crippen molar-refractivity contribution in [3.8, 4) is 0 Å². The number of carbonyl (C=O) groups is 1. The van der Waals surface area contributed by atoms with E-state index in [9.17, 15) is 4.79 Å². The van der Waals surface area contributed by atoms with Crippen LogP contribution in [0.2, 0.25) is 0 Å². The van der Waals surface area contributed by atoms with Gasteiger partial charge in [-0.3, -0.25) is 4.79 Å². The Bertz CT molecular complexity index is 286. The van der Waals surface area contributed by atoms with Gasteiger partial charge < -0.3 is 4.84 Å². The molecule has 0 amide bonds. The molecule has 3 heteroatoms. The van der Waals surface area contributed by atoms with Crippen LogP contribution in [0.15, 0.2) is 28.6 Å². The molecule has 1 aliphatic carbocycles. The second-order valence-electron chi connectivity index (χ2n) is 2.53. The van der Waals surface area contributed by atoms with Crippen molar-refractivity contribution in [1.82, 2.24) is 0 Å². The number of allylic oxidation sites excluding steroid dienone is 3. The summed E-state index contributed by atoms with van der Waals surface area (Å²) in [6.07, 6.45) is 6.10. The van der Waals surface area contributed by atoms with E-state index in [1.807, 2.05) is 0 Å². The largest absolute Gasteiger partial charge is 0.357 e. The van der Waals surface area contributed by atoms with Crippen molar-refractivity contribution in [3.05, 3.63) is 23.5 Å². The molecular formula is C8H7NO2. The van der Waals surface area contributed by atoms with E-state index in [2.05, 4.69) is 5.16 Å². The van der Waals surface area contributed by atoms with Gasteiger partial charge in [-0.15, -0.1) is 0 Å². The molecule has 0 radical (unpaired) electrons. The molecule has 11 heavy (non-hydrogen) atoms. The topological polar surface area (TPSA) is 38.7 Å². The minimum absolute atomic E-state index is 0.141. The lowest BCUT2D eigenvalue weighted by molar-refractivity contribution is -0.114. The van der Waals surface area contributed by atoms with Gasteiger partial charge in [0.1, 0.15) is 0 Å².